The molecule has 32 heavy (non-hydrogen) atoms. The third-order valence-electron chi connectivity index (χ3n) is 3.66. The van der Waals surface area contributed by atoms with Crippen LogP contribution in [0.25, 0.3) is 0 Å². The fraction of sp³-hybridized carbons (Fsp3) is 0.600. The van der Waals surface area contributed by atoms with Gasteiger partial charge in [-0.15, -0.1) is 11.8 Å². The number of rotatable bonds is 14. The van der Waals surface area contributed by atoms with Gasteiger partial charge in [0.05, 0.1) is 12.7 Å². The number of carboxylic acids is 2. The van der Waals surface area contributed by atoms with E-state index in [4.69, 9.17) is 15.3 Å². The summed E-state index contributed by atoms with van der Waals surface area (Å²) in [5.41, 5.74) is 1.42. The minimum absolute atomic E-state index is 0.0909. The van der Waals surface area contributed by atoms with Gasteiger partial charge in [0, 0.05) is 36.4 Å². The van der Waals surface area contributed by atoms with Crippen molar-refractivity contribution in [1.82, 2.24) is 10.6 Å². The number of carbonyl (C=O) groups is 4. The van der Waals surface area contributed by atoms with Crippen molar-refractivity contribution in [3.8, 4) is 0 Å². The summed E-state index contributed by atoms with van der Waals surface area (Å²) in [6, 6.07) is -1.85. The van der Waals surface area contributed by atoms with Gasteiger partial charge in [0.1, 0.15) is 12.1 Å². The molecule has 0 aliphatic heterocycles. The van der Waals surface area contributed by atoms with E-state index in [2.05, 4.69) is 23.8 Å². The molecule has 0 heterocycles. The molecule has 0 rings (SSSR count). The summed E-state index contributed by atoms with van der Waals surface area (Å²) in [6.45, 7) is 13.2. The Kier molecular flexibility index (Phi) is 17.6. The predicted octanol–water partition coefficient (Wildman–Crippen LogP) is 0.492. The van der Waals surface area contributed by atoms with Crippen molar-refractivity contribution in [2.75, 3.05) is 23.9 Å². The van der Waals surface area contributed by atoms with Crippen molar-refractivity contribution in [2.24, 2.45) is 0 Å². The average molecular weight is 495 g/mol. The Morgan fingerprint density at radius 3 is 1.56 bits per heavy atom. The molecule has 4 atom stereocenters. The number of hydrogen-bond donors (Lipinski definition) is 6. The summed E-state index contributed by atoms with van der Waals surface area (Å²) < 4.78 is 0. The molecule has 0 aromatic rings. The lowest BCUT2D eigenvalue weighted by atomic mass is 10.2. The molecule has 0 fully saturated rings. The van der Waals surface area contributed by atoms with Crippen LogP contribution in [0.5, 0.6) is 0 Å². The molecule has 2 unspecified atom stereocenters. The van der Waals surface area contributed by atoms with Crippen LogP contribution in [0.4, 0.5) is 0 Å². The maximum Gasteiger partial charge on any atom is 0.327 e. The van der Waals surface area contributed by atoms with Crippen molar-refractivity contribution in [3.05, 3.63) is 24.3 Å². The van der Waals surface area contributed by atoms with E-state index in [9.17, 15) is 24.3 Å². The highest BCUT2D eigenvalue weighted by atomic mass is 32.2. The van der Waals surface area contributed by atoms with Crippen molar-refractivity contribution >= 4 is 47.3 Å². The van der Waals surface area contributed by atoms with Gasteiger partial charge in [0.15, 0.2) is 0 Å². The first-order valence-electron chi connectivity index (χ1n) is 9.51. The number of aliphatic hydroxyl groups excluding tert-OH is 2. The van der Waals surface area contributed by atoms with E-state index in [0.29, 0.717) is 11.3 Å². The van der Waals surface area contributed by atoms with Gasteiger partial charge in [-0.1, -0.05) is 24.3 Å². The Morgan fingerprint density at radius 2 is 1.25 bits per heavy atom. The molecule has 0 bridgehead atoms. The maximum absolute atomic E-state index is 10.8. The molecule has 6 N–H and O–H groups in total. The van der Waals surface area contributed by atoms with Crippen LogP contribution in [0, 0.1) is 0 Å². The smallest absolute Gasteiger partial charge is 0.327 e. The second-order valence-electron chi connectivity index (χ2n) is 6.93. The Hall–Kier alpha value is -2.02. The number of carboxylic acid groups (broad SMARTS) is 2. The number of hydrogen-bond acceptors (Lipinski definition) is 8. The first-order valence-corrected chi connectivity index (χ1v) is 11.7. The second kappa shape index (κ2) is 17.5. The summed E-state index contributed by atoms with van der Waals surface area (Å²) in [5, 5.41) is 40.5. The summed E-state index contributed by atoms with van der Waals surface area (Å²) >= 11 is 2.52. The van der Waals surface area contributed by atoms with Crippen molar-refractivity contribution in [3.63, 3.8) is 0 Å². The summed E-state index contributed by atoms with van der Waals surface area (Å²) in [7, 11) is 0. The largest absolute Gasteiger partial charge is 0.480 e. The Balaban J connectivity index is 0. The van der Waals surface area contributed by atoms with E-state index in [1.807, 2.05) is 0 Å². The van der Waals surface area contributed by atoms with Crippen LogP contribution in [-0.2, 0) is 19.2 Å². The van der Waals surface area contributed by atoms with Gasteiger partial charge >= 0.3 is 11.9 Å². The topological polar surface area (TPSA) is 173 Å². The zero-order chi connectivity index (χ0) is 25.4. The van der Waals surface area contributed by atoms with Crippen molar-refractivity contribution < 1.29 is 39.6 Å². The highest BCUT2D eigenvalue weighted by Gasteiger charge is 2.21. The van der Waals surface area contributed by atoms with Gasteiger partial charge in [-0.2, -0.15) is 11.8 Å². The molecule has 0 spiro atoms. The maximum atomic E-state index is 10.8. The minimum atomic E-state index is -1.08. The molecule has 2 amide bonds. The molecule has 12 heteroatoms. The van der Waals surface area contributed by atoms with E-state index in [1.165, 1.54) is 37.4 Å². The van der Waals surface area contributed by atoms with Crippen molar-refractivity contribution in [2.45, 2.75) is 51.1 Å². The van der Waals surface area contributed by atoms with E-state index in [1.54, 1.807) is 13.8 Å². The van der Waals surface area contributed by atoms with Crippen LogP contribution in [0.2, 0.25) is 0 Å². The van der Waals surface area contributed by atoms with E-state index in [0.717, 1.165) is 5.57 Å². The fourth-order valence-electron chi connectivity index (χ4n) is 1.84. The number of nitrogens with one attached hydrogen (secondary N) is 2. The first-order chi connectivity index (χ1) is 14.7. The number of amides is 2. The van der Waals surface area contributed by atoms with Crippen LogP contribution in [-0.4, -0.2) is 91.5 Å². The summed E-state index contributed by atoms with van der Waals surface area (Å²) in [5.74, 6) is -2.13. The standard InChI is InChI=1S/2C10H17NO4S/c1-6(2)9(4-12)16-5-8(10(14)15)11-7(3)13;1-6(2)9(13)5-16-4-8(10(14)15)11-7(3)12/h8-9,12H,1,4-5H2,2-3H3,(H,11,13)(H,14,15);8-9,13H,1,4-5H2,2-3H3,(H,11,12)(H,14,15)/t2*8-,9?/m00/s1. The lowest BCUT2D eigenvalue weighted by molar-refractivity contribution is -0.141. The molecule has 0 radical (unpaired) electrons. The SMILES string of the molecule is C=C(C)C(CO)SC[C@H](NC(C)=O)C(=O)O.C=C(C)C(O)CSC[C@H](NC(C)=O)C(=O)O. The van der Waals surface area contributed by atoms with Gasteiger partial charge in [0.25, 0.3) is 0 Å². The molecule has 0 aliphatic carbocycles. The molecule has 0 aromatic carbocycles. The Labute approximate surface area is 196 Å². The Bertz CT molecular complexity index is 672. The highest BCUT2D eigenvalue weighted by molar-refractivity contribution is 8.00. The van der Waals surface area contributed by atoms with Gasteiger partial charge in [-0.3, -0.25) is 9.59 Å². The predicted molar refractivity (Wildman–Crippen MR) is 127 cm³/mol. The first kappa shape index (κ1) is 32.2. The van der Waals surface area contributed by atoms with E-state index >= 15 is 0 Å². The molecular formula is C20H34N2O8S2. The molecule has 0 saturated carbocycles. The minimum Gasteiger partial charge on any atom is -0.480 e. The van der Waals surface area contributed by atoms with Gasteiger partial charge in [0.2, 0.25) is 11.8 Å². The fourth-order valence-corrected chi connectivity index (χ4v) is 3.99. The average Bonchev–Trinajstić information content (AvgIpc) is 2.65. The highest BCUT2D eigenvalue weighted by Crippen LogP contribution is 2.18. The number of carbonyl (C=O) groups excluding carboxylic acids is 2. The zero-order valence-electron chi connectivity index (χ0n) is 18.8. The lowest BCUT2D eigenvalue weighted by Gasteiger charge is -2.17. The molecule has 0 saturated heterocycles. The van der Waals surface area contributed by atoms with Crippen LogP contribution in [0.3, 0.4) is 0 Å². The number of thioether (sulfide) groups is 2. The van der Waals surface area contributed by atoms with E-state index < -0.39 is 30.1 Å². The number of aliphatic hydroxyl groups is 2. The molecule has 0 aromatic heterocycles. The third-order valence-corrected chi connectivity index (χ3v) is 6.26. The summed E-state index contributed by atoms with van der Waals surface area (Å²) in [4.78, 5) is 43.0. The van der Waals surface area contributed by atoms with Crippen LogP contribution in [0.1, 0.15) is 27.7 Å². The number of aliphatic carboxylic acids is 2. The third kappa shape index (κ3) is 16.6. The van der Waals surface area contributed by atoms with Crippen molar-refractivity contribution in [1.29, 1.82) is 0 Å². The van der Waals surface area contributed by atoms with Crippen LogP contribution < -0.4 is 10.6 Å². The van der Waals surface area contributed by atoms with E-state index in [-0.39, 0.29) is 35.2 Å². The molecule has 0 aliphatic rings. The van der Waals surface area contributed by atoms with Crippen LogP contribution in [0.15, 0.2) is 24.3 Å². The molecular weight excluding hydrogens is 460 g/mol. The Morgan fingerprint density at radius 1 is 0.812 bits per heavy atom. The zero-order valence-corrected chi connectivity index (χ0v) is 20.4. The molecule has 184 valence electrons. The quantitative estimate of drug-likeness (QED) is 0.187. The van der Waals surface area contributed by atoms with Gasteiger partial charge in [-0.05, 0) is 13.8 Å². The van der Waals surface area contributed by atoms with Gasteiger partial charge < -0.3 is 31.1 Å². The van der Waals surface area contributed by atoms with Crippen LogP contribution >= 0.6 is 23.5 Å². The second-order valence-corrected chi connectivity index (χ2v) is 9.24. The monoisotopic (exact) mass is 494 g/mol. The summed E-state index contributed by atoms with van der Waals surface area (Å²) in [6.07, 6.45) is -0.642. The molecule has 10 nitrogen and oxygen atoms in total. The lowest BCUT2D eigenvalue weighted by Crippen LogP contribution is -2.42. The van der Waals surface area contributed by atoms with Gasteiger partial charge in [-0.25, -0.2) is 9.59 Å². The normalized spacial score (nSPS) is 13.9.